The molecule has 1 fully saturated rings. The van der Waals surface area contributed by atoms with Crippen LogP contribution in [0.1, 0.15) is 19.0 Å². The summed E-state index contributed by atoms with van der Waals surface area (Å²) in [6, 6.07) is 10.5. The molecule has 2 aliphatic heterocycles. The average molecular weight is 547 g/mol. The first-order chi connectivity index (χ1) is 19.3. The minimum Gasteiger partial charge on any atom is -0.494 e. The largest absolute Gasteiger partial charge is 0.494 e. The molecule has 8 nitrogen and oxygen atoms in total. The highest BCUT2D eigenvalue weighted by atomic mass is 19.1. The van der Waals surface area contributed by atoms with Gasteiger partial charge in [0.25, 0.3) is 0 Å². The molecule has 5 rings (SSSR count). The van der Waals surface area contributed by atoms with E-state index in [0.717, 1.165) is 37.9 Å². The normalized spacial score (nSPS) is 18.3. The first-order valence-corrected chi connectivity index (χ1v) is 13.2. The molecule has 3 heterocycles. The van der Waals surface area contributed by atoms with Crippen molar-refractivity contribution in [1.82, 2.24) is 9.88 Å². The van der Waals surface area contributed by atoms with Gasteiger partial charge in [-0.25, -0.2) is 13.8 Å². The van der Waals surface area contributed by atoms with Gasteiger partial charge in [0, 0.05) is 67.2 Å². The van der Waals surface area contributed by atoms with Gasteiger partial charge in [-0.2, -0.15) is 5.26 Å². The number of H-pyrrole nitrogens is 1. The van der Waals surface area contributed by atoms with Crippen molar-refractivity contribution in [3.05, 3.63) is 71.3 Å². The van der Waals surface area contributed by atoms with E-state index in [2.05, 4.69) is 38.2 Å². The lowest BCUT2D eigenvalue weighted by molar-refractivity contribution is 0.312. The van der Waals surface area contributed by atoms with Crippen LogP contribution in [0.3, 0.4) is 0 Å². The molecule has 0 amide bonds. The highest BCUT2D eigenvalue weighted by Crippen LogP contribution is 2.35. The van der Waals surface area contributed by atoms with Gasteiger partial charge in [-0.05, 0) is 38.6 Å². The van der Waals surface area contributed by atoms with Crippen molar-refractivity contribution in [2.45, 2.75) is 20.3 Å². The van der Waals surface area contributed by atoms with Gasteiger partial charge in [-0.1, -0.05) is 13.0 Å². The minimum absolute atomic E-state index is 0.0709. The zero-order valence-electron chi connectivity index (χ0n) is 23.0. The topological polar surface area (TPSA) is 88.9 Å². The van der Waals surface area contributed by atoms with E-state index in [9.17, 15) is 9.65 Å². The number of aliphatic imine (C=N–C) groups is 1. The summed E-state index contributed by atoms with van der Waals surface area (Å²) < 4.78 is 41.9. The molecule has 1 saturated heterocycles. The molecule has 2 aliphatic rings. The van der Waals surface area contributed by atoms with Gasteiger partial charge in [0.05, 0.1) is 18.3 Å². The Morgan fingerprint density at radius 2 is 1.90 bits per heavy atom. The maximum atomic E-state index is 15.4. The summed E-state index contributed by atoms with van der Waals surface area (Å²) in [4.78, 5) is 11.9. The number of anilines is 2. The molecule has 1 atom stereocenters. The van der Waals surface area contributed by atoms with E-state index >= 15 is 4.39 Å². The van der Waals surface area contributed by atoms with Gasteiger partial charge in [0.15, 0.2) is 23.2 Å². The summed E-state index contributed by atoms with van der Waals surface area (Å²) in [5.41, 5.74) is 2.43. The van der Waals surface area contributed by atoms with E-state index in [4.69, 9.17) is 9.47 Å². The number of ether oxygens (including phenoxy) is 2. The first-order valence-electron chi connectivity index (χ1n) is 13.2. The standard InChI is InChI=1S/C30H32F2N6O2/c1-18-6-5-9-34-30(36-24-8-7-20(15-25(24)39-4)38-12-10-37(3)11-13-38)22(17-33)29(18)40-26-16-23(31)28-21(27(26)32)14-19(2)35-28/h5,7-9,14-16,18,35H,6,10-13H2,1-4H3,(H,34,36). The van der Waals surface area contributed by atoms with Crippen LogP contribution in [-0.2, 0) is 0 Å². The Morgan fingerprint density at radius 1 is 1.12 bits per heavy atom. The number of piperazine rings is 1. The fourth-order valence-corrected chi connectivity index (χ4v) is 4.98. The number of benzene rings is 2. The predicted molar refractivity (Wildman–Crippen MR) is 153 cm³/mol. The summed E-state index contributed by atoms with van der Waals surface area (Å²) in [5.74, 6) is -0.972. The zero-order valence-corrected chi connectivity index (χ0v) is 23.0. The summed E-state index contributed by atoms with van der Waals surface area (Å²) in [7, 11) is 3.70. The number of hydrogen-bond donors (Lipinski definition) is 2. The van der Waals surface area contributed by atoms with Crippen molar-refractivity contribution < 1.29 is 18.3 Å². The van der Waals surface area contributed by atoms with E-state index in [-0.39, 0.29) is 39.7 Å². The van der Waals surface area contributed by atoms with Crippen LogP contribution in [0.15, 0.2) is 58.9 Å². The second-order valence-corrected chi connectivity index (χ2v) is 10.2. The number of likely N-dealkylation sites (N-methyl/N-ethyl adjacent to an activating group) is 1. The summed E-state index contributed by atoms with van der Waals surface area (Å²) in [6.07, 6.45) is 3.95. The third-order valence-corrected chi connectivity index (χ3v) is 7.27. The Morgan fingerprint density at radius 3 is 2.62 bits per heavy atom. The lowest BCUT2D eigenvalue weighted by Gasteiger charge is -2.34. The van der Waals surface area contributed by atoms with E-state index in [0.29, 0.717) is 23.6 Å². The predicted octanol–water partition coefficient (Wildman–Crippen LogP) is 5.74. The van der Waals surface area contributed by atoms with Crippen LogP contribution in [-0.4, -0.2) is 56.1 Å². The van der Waals surface area contributed by atoms with Crippen LogP contribution >= 0.6 is 0 Å². The molecule has 1 aromatic heterocycles. The number of nitriles is 1. The number of rotatable bonds is 5. The maximum Gasteiger partial charge on any atom is 0.175 e. The number of aromatic nitrogens is 1. The first kappa shape index (κ1) is 27.2. The molecule has 0 bridgehead atoms. The summed E-state index contributed by atoms with van der Waals surface area (Å²) in [6.45, 7) is 7.36. The summed E-state index contributed by atoms with van der Waals surface area (Å²) >= 11 is 0. The smallest absolute Gasteiger partial charge is 0.175 e. The van der Waals surface area contributed by atoms with Crippen molar-refractivity contribution in [1.29, 1.82) is 5.26 Å². The highest BCUT2D eigenvalue weighted by Gasteiger charge is 2.26. The van der Waals surface area contributed by atoms with Crippen molar-refractivity contribution in [3.63, 3.8) is 0 Å². The number of aryl methyl sites for hydroxylation is 1. The highest BCUT2D eigenvalue weighted by molar-refractivity contribution is 6.12. The third kappa shape index (κ3) is 5.38. The van der Waals surface area contributed by atoms with Crippen molar-refractivity contribution >= 4 is 28.1 Å². The van der Waals surface area contributed by atoms with Gasteiger partial charge in [-0.15, -0.1) is 0 Å². The van der Waals surface area contributed by atoms with E-state index in [1.807, 2.05) is 31.2 Å². The van der Waals surface area contributed by atoms with Crippen LogP contribution in [0.2, 0.25) is 0 Å². The second-order valence-electron chi connectivity index (χ2n) is 10.2. The van der Waals surface area contributed by atoms with Gasteiger partial charge in [0.1, 0.15) is 23.2 Å². The number of aromatic amines is 1. The van der Waals surface area contributed by atoms with Crippen LogP contribution in [0.5, 0.6) is 11.5 Å². The molecule has 0 radical (unpaired) electrons. The Kier molecular flexibility index (Phi) is 7.76. The lowest BCUT2D eigenvalue weighted by Crippen LogP contribution is -2.44. The number of nitrogens with zero attached hydrogens (tertiary/aromatic N) is 4. The van der Waals surface area contributed by atoms with E-state index in [1.165, 1.54) is 6.07 Å². The Labute approximate surface area is 232 Å². The molecule has 208 valence electrons. The van der Waals surface area contributed by atoms with Crippen molar-refractivity contribution in [2.24, 2.45) is 10.9 Å². The minimum atomic E-state index is -0.706. The zero-order chi connectivity index (χ0) is 28.4. The SMILES string of the molecule is COc1cc(N2CCN(C)CC2)ccc1NC1=NC=CCC(C)C(Oc2cc(F)c3[nH]c(C)cc3c2F)=C1C#N. The van der Waals surface area contributed by atoms with Crippen molar-refractivity contribution in [3.8, 4) is 17.6 Å². The summed E-state index contributed by atoms with van der Waals surface area (Å²) in [5, 5.41) is 13.5. The van der Waals surface area contributed by atoms with Gasteiger partial charge >= 0.3 is 0 Å². The fourth-order valence-electron chi connectivity index (χ4n) is 4.98. The monoisotopic (exact) mass is 546 g/mol. The van der Waals surface area contributed by atoms with Gasteiger partial charge in [-0.3, -0.25) is 0 Å². The van der Waals surface area contributed by atoms with E-state index < -0.39 is 11.6 Å². The number of allylic oxidation sites excluding steroid dienone is 2. The van der Waals surface area contributed by atoms with Crippen LogP contribution in [0.25, 0.3) is 10.9 Å². The molecule has 0 saturated carbocycles. The number of halogens is 2. The number of hydrogen-bond acceptors (Lipinski definition) is 7. The van der Waals surface area contributed by atoms with Crippen LogP contribution in [0, 0.1) is 35.8 Å². The molecule has 0 spiro atoms. The quantitative estimate of drug-likeness (QED) is 0.425. The Bertz CT molecular complexity index is 1560. The Balaban J connectivity index is 1.50. The van der Waals surface area contributed by atoms with Crippen LogP contribution in [0.4, 0.5) is 20.2 Å². The van der Waals surface area contributed by atoms with Crippen molar-refractivity contribution in [2.75, 3.05) is 50.6 Å². The Hall–Kier alpha value is -4.36. The lowest BCUT2D eigenvalue weighted by atomic mass is 9.99. The molecule has 2 aromatic carbocycles. The molecule has 1 unspecified atom stereocenters. The molecule has 3 aromatic rings. The number of fused-ring (bicyclic) bond motifs is 1. The molecule has 10 heteroatoms. The van der Waals surface area contributed by atoms with Gasteiger partial charge < -0.3 is 29.6 Å². The van der Waals surface area contributed by atoms with Gasteiger partial charge in [0.2, 0.25) is 0 Å². The molecule has 2 N–H and O–H groups in total. The van der Waals surface area contributed by atoms with E-state index in [1.54, 1.807) is 20.2 Å². The number of methoxy groups -OCH3 is 1. The maximum absolute atomic E-state index is 15.4. The average Bonchev–Trinajstić information content (AvgIpc) is 3.35. The van der Waals surface area contributed by atoms with Crippen LogP contribution < -0.4 is 19.7 Å². The third-order valence-electron chi connectivity index (χ3n) is 7.27. The number of nitrogens with one attached hydrogen (secondary N) is 2. The molecule has 40 heavy (non-hydrogen) atoms. The number of amidine groups is 1. The molecular weight excluding hydrogens is 514 g/mol. The fraction of sp³-hybridized carbons (Fsp3) is 0.333. The molecule has 0 aliphatic carbocycles. The second kappa shape index (κ2) is 11.4. The molecular formula is C30H32F2N6O2.